The minimum absolute atomic E-state index is 0.116. The number of ether oxygens (including phenoxy) is 1. The maximum atomic E-state index is 11.2. The van der Waals surface area contributed by atoms with Crippen molar-refractivity contribution in [3.8, 4) is 0 Å². The van der Waals surface area contributed by atoms with E-state index >= 15 is 0 Å². The second-order valence-electron chi connectivity index (χ2n) is 6.90. The number of carbonyl (C=O) groups is 1. The Balaban J connectivity index is 2.09. The fourth-order valence-electron chi connectivity index (χ4n) is 3.82. The summed E-state index contributed by atoms with van der Waals surface area (Å²) >= 11 is 0. The van der Waals surface area contributed by atoms with E-state index in [0.29, 0.717) is 17.3 Å². The summed E-state index contributed by atoms with van der Waals surface area (Å²) in [6.45, 7) is 14.6. The molecule has 2 rings (SSSR count). The Kier molecular flexibility index (Phi) is 3.89. The van der Waals surface area contributed by atoms with Gasteiger partial charge in [0.2, 0.25) is 0 Å². The minimum Gasteiger partial charge on any atom is -0.458 e. The molecule has 2 fully saturated rings. The van der Waals surface area contributed by atoms with E-state index in [1.165, 1.54) is 18.9 Å². The van der Waals surface area contributed by atoms with Gasteiger partial charge in [0.1, 0.15) is 6.10 Å². The molecule has 0 aliphatic heterocycles. The Morgan fingerprint density at radius 1 is 1.21 bits per heavy atom. The lowest BCUT2D eigenvalue weighted by Gasteiger charge is -2.53. The Morgan fingerprint density at radius 2 is 1.84 bits per heavy atom. The van der Waals surface area contributed by atoms with Crippen molar-refractivity contribution in [2.45, 2.75) is 59.0 Å². The monoisotopic (exact) mass is 262 g/mol. The van der Waals surface area contributed by atoms with Crippen LogP contribution in [0.4, 0.5) is 0 Å². The summed E-state index contributed by atoms with van der Waals surface area (Å²) in [6, 6.07) is 0. The first-order valence-electron chi connectivity index (χ1n) is 7.34. The van der Waals surface area contributed by atoms with Crippen molar-refractivity contribution >= 4 is 5.97 Å². The molecule has 2 saturated carbocycles. The summed E-state index contributed by atoms with van der Waals surface area (Å²) < 4.78 is 5.41. The highest BCUT2D eigenvalue weighted by atomic mass is 16.5. The first-order chi connectivity index (χ1) is 8.81. The molecular formula is C17H26O2. The van der Waals surface area contributed by atoms with E-state index in [1.54, 1.807) is 0 Å². The minimum atomic E-state index is -0.209. The molecule has 2 aliphatic carbocycles. The van der Waals surface area contributed by atoms with Gasteiger partial charge in [-0.15, -0.1) is 0 Å². The lowest BCUT2D eigenvalue weighted by atomic mass is 9.52. The molecule has 0 aromatic carbocycles. The number of allylic oxidation sites excluding steroid dienone is 1. The van der Waals surface area contributed by atoms with Crippen LogP contribution in [0.15, 0.2) is 24.3 Å². The molecule has 106 valence electrons. The van der Waals surface area contributed by atoms with Gasteiger partial charge in [-0.2, -0.15) is 0 Å². The first-order valence-corrected chi connectivity index (χ1v) is 7.34. The summed E-state index contributed by atoms with van der Waals surface area (Å²) in [5, 5.41) is 0. The van der Waals surface area contributed by atoms with Crippen LogP contribution in [0.3, 0.4) is 0 Å². The largest absolute Gasteiger partial charge is 0.458 e. The Hall–Kier alpha value is -1.05. The predicted octanol–water partition coefficient (Wildman–Crippen LogP) is 4.27. The van der Waals surface area contributed by atoms with Gasteiger partial charge in [0.15, 0.2) is 0 Å². The molecule has 2 aliphatic rings. The number of esters is 1. The van der Waals surface area contributed by atoms with Gasteiger partial charge in [-0.3, -0.25) is 4.79 Å². The third-order valence-corrected chi connectivity index (χ3v) is 5.03. The van der Waals surface area contributed by atoms with Gasteiger partial charge in [0.05, 0.1) is 0 Å². The van der Waals surface area contributed by atoms with E-state index in [1.807, 2.05) is 0 Å². The van der Waals surface area contributed by atoms with Crippen LogP contribution < -0.4 is 0 Å². The predicted molar refractivity (Wildman–Crippen MR) is 77.7 cm³/mol. The second kappa shape index (κ2) is 5.15. The van der Waals surface area contributed by atoms with Gasteiger partial charge in [-0.05, 0) is 54.9 Å². The van der Waals surface area contributed by atoms with Crippen LogP contribution in [0.5, 0.6) is 0 Å². The fourth-order valence-corrected chi connectivity index (χ4v) is 3.82. The molecule has 19 heavy (non-hydrogen) atoms. The molecule has 0 amide bonds. The molecule has 0 spiro atoms. The topological polar surface area (TPSA) is 26.3 Å². The van der Waals surface area contributed by atoms with Gasteiger partial charge >= 0.3 is 5.97 Å². The van der Waals surface area contributed by atoms with E-state index in [-0.39, 0.29) is 12.1 Å². The van der Waals surface area contributed by atoms with E-state index in [9.17, 15) is 4.79 Å². The Bertz CT molecular complexity index is 405. The van der Waals surface area contributed by atoms with E-state index < -0.39 is 0 Å². The van der Waals surface area contributed by atoms with Gasteiger partial charge < -0.3 is 4.74 Å². The zero-order valence-corrected chi connectivity index (χ0v) is 12.5. The van der Waals surface area contributed by atoms with Crippen molar-refractivity contribution in [3.05, 3.63) is 24.3 Å². The van der Waals surface area contributed by atoms with Crippen molar-refractivity contribution in [2.24, 2.45) is 17.3 Å². The molecule has 0 bridgehead atoms. The van der Waals surface area contributed by atoms with Crippen LogP contribution >= 0.6 is 0 Å². The summed E-state index contributed by atoms with van der Waals surface area (Å²) in [7, 11) is 0. The molecule has 0 N–H and O–H groups in total. The maximum absolute atomic E-state index is 11.2. The SMILES string of the molecule is C=C1CCC2C(CC2(C)C)C(=C)CCC1OC(C)=O. The Morgan fingerprint density at radius 3 is 2.42 bits per heavy atom. The molecule has 3 unspecified atom stereocenters. The van der Waals surface area contributed by atoms with Crippen LogP contribution in [0.1, 0.15) is 52.9 Å². The third-order valence-electron chi connectivity index (χ3n) is 5.03. The average Bonchev–Trinajstić information content (AvgIpc) is 2.33. The quantitative estimate of drug-likeness (QED) is 0.521. The lowest BCUT2D eigenvalue weighted by Crippen LogP contribution is -2.44. The molecule has 2 heteroatoms. The normalized spacial score (nSPS) is 34.4. The summed E-state index contributed by atoms with van der Waals surface area (Å²) in [5.41, 5.74) is 2.84. The van der Waals surface area contributed by atoms with Gasteiger partial charge in [0.25, 0.3) is 0 Å². The number of carbonyl (C=O) groups excluding carboxylic acids is 1. The highest BCUT2D eigenvalue weighted by Crippen LogP contribution is 2.56. The highest BCUT2D eigenvalue weighted by Gasteiger charge is 2.47. The van der Waals surface area contributed by atoms with Crippen LogP contribution in [-0.2, 0) is 9.53 Å². The number of hydrogen-bond donors (Lipinski definition) is 0. The maximum Gasteiger partial charge on any atom is 0.303 e. The van der Waals surface area contributed by atoms with Gasteiger partial charge in [-0.25, -0.2) is 0 Å². The van der Waals surface area contributed by atoms with Crippen molar-refractivity contribution in [1.82, 2.24) is 0 Å². The standard InChI is InChI=1S/C17H26O2/c1-11-7-9-16(19-13(3)18)12(2)6-8-15-14(11)10-17(15,4)5/h14-16H,1-2,6-10H2,3-5H3. The highest BCUT2D eigenvalue weighted by molar-refractivity contribution is 5.66. The van der Waals surface area contributed by atoms with E-state index in [0.717, 1.165) is 31.3 Å². The van der Waals surface area contributed by atoms with Crippen molar-refractivity contribution in [2.75, 3.05) is 0 Å². The Labute approximate surface area is 116 Å². The summed E-state index contributed by atoms with van der Waals surface area (Å²) in [4.78, 5) is 11.2. The zero-order chi connectivity index (χ0) is 14.2. The number of rotatable bonds is 1. The fraction of sp³-hybridized carbons (Fsp3) is 0.706. The molecular weight excluding hydrogens is 236 g/mol. The lowest BCUT2D eigenvalue weighted by molar-refractivity contribution is -0.144. The van der Waals surface area contributed by atoms with Gasteiger partial charge in [-0.1, -0.05) is 32.6 Å². The van der Waals surface area contributed by atoms with Crippen LogP contribution in [0, 0.1) is 17.3 Å². The zero-order valence-electron chi connectivity index (χ0n) is 12.5. The molecule has 0 heterocycles. The molecule has 0 radical (unpaired) electrons. The third kappa shape index (κ3) is 2.93. The number of fused-ring (bicyclic) bond motifs is 1. The molecule has 3 atom stereocenters. The van der Waals surface area contributed by atoms with Crippen molar-refractivity contribution < 1.29 is 9.53 Å². The van der Waals surface area contributed by atoms with Crippen molar-refractivity contribution in [3.63, 3.8) is 0 Å². The summed E-state index contributed by atoms with van der Waals surface area (Å²) in [6.07, 6.45) is 5.05. The van der Waals surface area contributed by atoms with Crippen LogP contribution in [0.2, 0.25) is 0 Å². The number of hydrogen-bond acceptors (Lipinski definition) is 2. The average molecular weight is 262 g/mol. The summed E-state index contributed by atoms with van der Waals surface area (Å²) in [5.74, 6) is 1.17. The van der Waals surface area contributed by atoms with Crippen LogP contribution in [-0.4, -0.2) is 12.1 Å². The van der Waals surface area contributed by atoms with Crippen molar-refractivity contribution in [1.29, 1.82) is 0 Å². The van der Waals surface area contributed by atoms with E-state index in [2.05, 4.69) is 27.0 Å². The second-order valence-corrected chi connectivity index (χ2v) is 6.90. The molecule has 0 aromatic heterocycles. The molecule has 2 nitrogen and oxygen atoms in total. The van der Waals surface area contributed by atoms with Crippen LogP contribution in [0.25, 0.3) is 0 Å². The smallest absolute Gasteiger partial charge is 0.303 e. The molecule has 0 saturated heterocycles. The van der Waals surface area contributed by atoms with E-state index in [4.69, 9.17) is 4.74 Å². The molecule has 0 aromatic rings. The first kappa shape index (κ1) is 14.4. The van der Waals surface area contributed by atoms with Gasteiger partial charge in [0, 0.05) is 6.92 Å².